The van der Waals surface area contributed by atoms with Crippen molar-refractivity contribution in [2.75, 3.05) is 6.73 Å². The number of hydrogen-bond acceptors (Lipinski definition) is 6. The van der Waals surface area contributed by atoms with Crippen molar-refractivity contribution in [1.29, 1.82) is 0 Å². The van der Waals surface area contributed by atoms with Crippen molar-refractivity contribution in [3.8, 4) is 17.2 Å². The quantitative estimate of drug-likeness (QED) is 0.483. The molecule has 1 heterocycles. The van der Waals surface area contributed by atoms with Crippen LogP contribution in [0.25, 0.3) is 0 Å². The van der Waals surface area contributed by atoms with Gasteiger partial charge in [-0.2, -0.15) is 13.2 Å². The zero-order valence-corrected chi connectivity index (χ0v) is 16.3. The monoisotopic (exact) mass is 437 g/mol. The van der Waals surface area contributed by atoms with Crippen LogP contribution in [0.15, 0.2) is 48.5 Å². The number of carbonyl (C=O) groups excluding carboxylic acids is 3. The summed E-state index contributed by atoms with van der Waals surface area (Å²) in [5.74, 6) is -0.641. The average Bonchev–Trinajstić information content (AvgIpc) is 3.05. The number of imide groups is 1. The highest BCUT2D eigenvalue weighted by atomic mass is 19.4. The summed E-state index contributed by atoms with van der Waals surface area (Å²) in [6.07, 6.45) is -5.23. The van der Waals surface area contributed by atoms with Crippen LogP contribution >= 0.6 is 0 Å². The molecule has 1 aliphatic rings. The molecule has 0 saturated carbocycles. The Morgan fingerprint density at radius 2 is 1.42 bits per heavy atom. The molecular weight excluding hydrogens is 419 g/mol. The smallest absolute Gasteiger partial charge is 0.416 e. The first-order valence-corrected chi connectivity index (χ1v) is 9.25. The lowest BCUT2D eigenvalue weighted by molar-refractivity contribution is -0.160. The van der Waals surface area contributed by atoms with Crippen LogP contribution in [0.4, 0.5) is 13.2 Å². The molecule has 1 unspecified atom stereocenters. The number of ether oxygens (including phenoxy) is 3. The molecule has 2 amide bonds. The SMILES string of the molecule is CC(Oc1ccc(Oc2ccc(C(F)(F)F)cc2)cc1)C(=O)OCN1C(=O)CCC1=O. The minimum absolute atomic E-state index is 0.101. The number of carbonyl (C=O) groups is 3. The first kappa shape index (κ1) is 22.1. The van der Waals surface area contributed by atoms with Gasteiger partial charge in [-0.3, -0.25) is 9.59 Å². The predicted molar refractivity (Wildman–Crippen MR) is 100 cm³/mol. The average molecular weight is 437 g/mol. The van der Waals surface area contributed by atoms with Gasteiger partial charge in [-0.05, 0) is 55.5 Å². The number of hydrogen-bond donors (Lipinski definition) is 0. The van der Waals surface area contributed by atoms with Gasteiger partial charge in [0, 0.05) is 12.8 Å². The molecule has 1 atom stereocenters. The Morgan fingerprint density at radius 3 is 1.94 bits per heavy atom. The van der Waals surface area contributed by atoms with Crippen LogP contribution in [0.2, 0.25) is 0 Å². The summed E-state index contributed by atoms with van der Waals surface area (Å²) >= 11 is 0. The normalized spacial score (nSPS) is 15.0. The molecule has 0 aliphatic carbocycles. The van der Waals surface area contributed by atoms with Crippen molar-refractivity contribution in [3.63, 3.8) is 0 Å². The number of esters is 1. The summed E-state index contributed by atoms with van der Waals surface area (Å²) in [5.41, 5.74) is -0.775. The van der Waals surface area contributed by atoms with Crippen molar-refractivity contribution < 1.29 is 41.8 Å². The Labute approximate surface area is 175 Å². The van der Waals surface area contributed by atoms with Gasteiger partial charge in [0.15, 0.2) is 12.8 Å². The number of nitrogens with zero attached hydrogens (tertiary/aromatic N) is 1. The molecule has 164 valence electrons. The Kier molecular flexibility index (Phi) is 6.47. The maximum Gasteiger partial charge on any atom is 0.416 e. The number of likely N-dealkylation sites (tertiary alicyclic amines) is 1. The lowest BCUT2D eigenvalue weighted by Gasteiger charge is -2.17. The van der Waals surface area contributed by atoms with E-state index < -0.39 is 42.4 Å². The van der Waals surface area contributed by atoms with Crippen molar-refractivity contribution in [2.24, 2.45) is 0 Å². The van der Waals surface area contributed by atoms with E-state index in [9.17, 15) is 27.6 Å². The molecule has 3 rings (SSSR count). The number of alkyl halides is 3. The van der Waals surface area contributed by atoms with Crippen LogP contribution in [0.5, 0.6) is 17.2 Å². The van der Waals surface area contributed by atoms with Gasteiger partial charge in [0.2, 0.25) is 11.8 Å². The fourth-order valence-corrected chi connectivity index (χ4v) is 2.70. The number of benzene rings is 2. The summed E-state index contributed by atoms with van der Waals surface area (Å²) in [7, 11) is 0. The molecule has 0 N–H and O–H groups in total. The van der Waals surface area contributed by atoms with Crippen LogP contribution in [0.1, 0.15) is 25.3 Å². The summed E-state index contributed by atoms with van der Waals surface area (Å²) < 4.78 is 53.7. The summed E-state index contributed by atoms with van der Waals surface area (Å²) in [5, 5.41) is 0. The lowest BCUT2D eigenvalue weighted by Crippen LogP contribution is -2.35. The standard InChI is InChI=1S/C21H18F3NO6/c1-13(20(28)29-12-25-18(26)10-11-19(25)27)30-15-6-8-17(9-7-15)31-16-4-2-14(3-5-16)21(22,23)24/h2-9,13H,10-12H2,1H3. The topological polar surface area (TPSA) is 82.1 Å². The third-order valence-corrected chi connectivity index (χ3v) is 4.38. The molecule has 1 fully saturated rings. The largest absolute Gasteiger partial charge is 0.479 e. The molecule has 0 aromatic heterocycles. The van der Waals surface area contributed by atoms with E-state index >= 15 is 0 Å². The van der Waals surface area contributed by atoms with Crippen molar-refractivity contribution in [2.45, 2.75) is 32.0 Å². The molecule has 1 aliphatic heterocycles. The number of amides is 2. The summed E-state index contributed by atoms with van der Waals surface area (Å²) in [4.78, 5) is 35.9. The maximum atomic E-state index is 12.6. The fraction of sp³-hybridized carbons (Fsp3) is 0.286. The highest BCUT2D eigenvalue weighted by molar-refractivity contribution is 6.01. The molecule has 10 heteroatoms. The van der Waals surface area contributed by atoms with Gasteiger partial charge in [0.25, 0.3) is 0 Å². The molecular formula is C21H18F3NO6. The Balaban J connectivity index is 1.51. The minimum atomic E-state index is -4.42. The van der Waals surface area contributed by atoms with E-state index in [4.69, 9.17) is 14.2 Å². The zero-order chi connectivity index (χ0) is 22.6. The first-order valence-electron chi connectivity index (χ1n) is 9.25. The van der Waals surface area contributed by atoms with E-state index in [1.807, 2.05) is 0 Å². The highest BCUT2D eigenvalue weighted by Crippen LogP contribution is 2.31. The highest BCUT2D eigenvalue weighted by Gasteiger charge is 2.31. The molecule has 2 aromatic carbocycles. The predicted octanol–water partition coefficient (Wildman–Crippen LogP) is 3.91. The van der Waals surface area contributed by atoms with E-state index in [2.05, 4.69) is 0 Å². The van der Waals surface area contributed by atoms with Gasteiger partial charge in [-0.15, -0.1) is 0 Å². The lowest BCUT2D eigenvalue weighted by atomic mass is 10.2. The summed E-state index contributed by atoms with van der Waals surface area (Å²) in [6.45, 7) is 0.993. The van der Waals surface area contributed by atoms with Gasteiger partial charge in [-0.1, -0.05) is 0 Å². The van der Waals surface area contributed by atoms with Gasteiger partial charge in [-0.25, -0.2) is 9.69 Å². The third kappa shape index (κ3) is 5.74. The minimum Gasteiger partial charge on any atom is -0.479 e. The molecule has 0 spiro atoms. The molecule has 0 bridgehead atoms. The Bertz CT molecular complexity index is 941. The van der Waals surface area contributed by atoms with Crippen molar-refractivity contribution in [1.82, 2.24) is 4.90 Å². The number of halogens is 3. The molecule has 0 radical (unpaired) electrons. The molecule has 1 saturated heterocycles. The second-order valence-corrected chi connectivity index (χ2v) is 6.66. The van der Waals surface area contributed by atoms with Crippen LogP contribution < -0.4 is 9.47 Å². The molecule has 2 aromatic rings. The Hall–Kier alpha value is -3.56. The van der Waals surface area contributed by atoms with Crippen LogP contribution in [0, 0.1) is 0 Å². The van der Waals surface area contributed by atoms with Gasteiger partial charge in [0.05, 0.1) is 5.56 Å². The van der Waals surface area contributed by atoms with E-state index in [-0.39, 0.29) is 18.6 Å². The van der Waals surface area contributed by atoms with Gasteiger partial charge in [0.1, 0.15) is 17.2 Å². The van der Waals surface area contributed by atoms with Crippen LogP contribution in [0.3, 0.4) is 0 Å². The van der Waals surface area contributed by atoms with E-state index in [1.54, 1.807) is 0 Å². The van der Waals surface area contributed by atoms with Crippen molar-refractivity contribution in [3.05, 3.63) is 54.1 Å². The Morgan fingerprint density at radius 1 is 0.935 bits per heavy atom. The van der Waals surface area contributed by atoms with Crippen LogP contribution in [-0.2, 0) is 25.3 Å². The van der Waals surface area contributed by atoms with E-state index in [0.29, 0.717) is 11.5 Å². The van der Waals surface area contributed by atoms with E-state index in [1.165, 1.54) is 43.3 Å². The van der Waals surface area contributed by atoms with Crippen LogP contribution in [-0.4, -0.2) is 35.5 Å². The second kappa shape index (κ2) is 9.07. The maximum absolute atomic E-state index is 12.6. The molecule has 7 nitrogen and oxygen atoms in total. The third-order valence-electron chi connectivity index (χ3n) is 4.38. The fourth-order valence-electron chi connectivity index (χ4n) is 2.70. The second-order valence-electron chi connectivity index (χ2n) is 6.66. The van der Waals surface area contributed by atoms with Gasteiger partial charge >= 0.3 is 12.1 Å². The first-order chi connectivity index (χ1) is 14.6. The summed E-state index contributed by atoms with van der Waals surface area (Å²) in [6, 6.07) is 10.3. The number of rotatable bonds is 7. The van der Waals surface area contributed by atoms with Crippen molar-refractivity contribution >= 4 is 17.8 Å². The molecule has 31 heavy (non-hydrogen) atoms. The van der Waals surface area contributed by atoms with Gasteiger partial charge < -0.3 is 14.2 Å². The van der Waals surface area contributed by atoms with E-state index in [0.717, 1.165) is 17.0 Å². The zero-order valence-electron chi connectivity index (χ0n) is 16.3.